The Labute approximate surface area is 130 Å². The maximum absolute atomic E-state index is 12.0. The van der Waals surface area contributed by atoms with Gasteiger partial charge in [-0.1, -0.05) is 0 Å². The van der Waals surface area contributed by atoms with Crippen LogP contribution in [0.5, 0.6) is 11.5 Å². The minimum absolute atomic E-state index is 0.0193. The molecule has 1 amide bonds. The van der Waals surface area contributed by atoms with Gasteiger partial charge in [-0.25, -0.2) is 0 Å². The Balaban J connectivity index is 2.53. The molecule has 1 rings (SSSR count). The maximum atomic E-state index is 12.0. The number of carbonyl (C=O) groups excluding carboxylic acids is 1. The highest BCUT2D eigenvalue weighted by molar-refractivity contribution is 8.00. The minimum Gasteiger partial charge on any atom is -0.493 e. The standard InChI is InChI=1S/C15H23NO4S/c1-11(15(17)16-8-5-9-18-2)21-12-6-7-13(19-3)14(10-12)20-4/h6-7,10-11H,5,8-9H2,1-4H3,(H,16,17). The van der Waals surface area contributed by atoms with E-state index in [4.69, 9.17) is 14.2 Å². The van der Waals surface area contributed by atoms with E-state index in [1.165, 1.54) is 11.8 Å². The predicted molar refractivity (Wildman–Crippen MR) is 84.4 cm³/mol. The second kappa shape index (κ2) is 9.52. The Hall–Kier alpha value is -1.40. The molecule has 1 unspecified atom stereocenters. The number of hydrogen-bond acceptors (Lipinski definition) is 5. The normalized spacial score (nSPS) is 11.8. The number of nitrogens with one attached hydrogen (secondary N) is 1. The fraction of sp³-hybridized carbons (Fsp3) is 0.533. The van der Waals surface area contributed by atoms with E-state index in [1.54, 1.807) is 21.3 Å². The molecule has 0 saturated heterocycles. The van der Waals surface area contributed by atoms with E-state index >= 15 is 0 Å². The first-order valence-electron chi connectivity index (χ1n) is 6.77. The molecule has 1 aromatic rings. The zero-order valence-electron chi connectivity index (χ0n) is 13.0. The Morgan fingerprint density at radius 2 is 1.95 bits per heavy atom. The van der Waals surface area contributed by atoms with Crippen LogP contribution in [0.4, 0.5) is 0 Å². The molecule has 0 heterocycles. The fourth-order valence-electron chi connectivity index (χ4n) is 1.72. The summed E-state index contributed by atoms with van der Waals surface area (Å²) in [6, 6.07) is 5.63. The Kier molecular flexibility index (Phi) is 8.00. The summed E-state index contributed by atoms with van der Waals surface area (Å²) in [5.74, 6) is 1.36. The molecule has 1 aromatic carbocycles. The van der Waals surface area contributed by atoms with Crippen LogP contribution < -0.4 is 14.8 Å². The first-order valence-corrected chi connectivity index (χ1v) is 7.65. The smallest absolute Gasteiger partial charge is 0.233 e. The van der Waals surface area contributed by atoms with Crippen molar-refractivity contribution in [3.05, 3.63) is 18.2 Å². The molecule has 1 N–H and O–H groups in total. The van der Waals surface area contributed by atoms with Crippen molar-refractivity contribution in [2.75, 3.05) is 34.5 Å². The van der Waals surface area contributed by atoms with Crippen LogP contribution in [0.1, 0.15) is 13.3 Å². The van der Waals surface area contributed by atoms with Crippen molar-refractivity contribution < 1.29 is 19.0 Å². The van der Waals surface area contributed by atoms with Gasteiger partial charge in [0.15, 0.2) is 11.5 Å². The summed E-state index contributed by atoms with van der Waals surface area (Å²) in [7, 11) is 4.84. The van der Waals surface area contributed by atoms with Crippen LogP contribution >= 0.6 is 11.8 Å². The van der Waals surface area contributed by atoms with E-state index in [0.717, 1.165) is 11.3 Å². The molecule has 0 aliphatic rings. The summed E-state index contributed by atoms with van der Waals surface area (Å²) < 4.78 is 15.4. The number of hydrogen-bond donors (Lipinski definition) is 1. The van der Waals surface area contributed by atoms with Crippen molar-refractivity contribution in [2.24, 2.45) is 0 Å². The summed E-state index contributed by atoms with van der Waals surface area (Å²) in [4.78, 5) is 12.9. The van der Waals surface area contributed by atoms with Gasteiger partial charge in [0.2, 0.25) is 5.91 Å². The van der Waals surface area contributed by atoms with Crippen molar-refractivity contribution in [1.82, 2.24) is 5.32 Å². The molecule has 1 atom stereocenters. The SMILES string of the molecule is COCCCNC(=O)C(C)Sc1ccc(OC)c(OC)c1. The van der Waals surface area contributed by atoms with Gasteiger partial charge in [0.1, 0.15) is 0 Å². The van der Waals surface area contributed by atoms with E-state index in [0.29, 0.717) is 24.7 Å². The molecule has 0 fully saturated rings. The molecule has 0 spiro atoms. The third-order valence-corrected chi connectivity index (χ3v) is 3.96. The van der Waals surface area contributed by atoms with Crippen molar-refractivity contribution in [2.45, 2.75) is 23.5 Å². The largest absolute Gasteiger partial charge is 0.493 e. The molecule has 5 nitrogen and oxygen atoms in total. The number of amides is 1. The lowest BCUT2D eigenvalue weighted by atomic mass is 10.3. The van der Waals surface area contributed by atoms with E-state index in [-0.39, 0.29) is 11.2 Å². The highest BCUT2D eigenvalue weighted by Crippen LogP contribution is 2.33. The van der Waals surface area contributed by atoms with Crippen LogP contribution in [0.15, 0.2) is 23.1 Å². The molecular formula is C15H23NO4S. The lowest BCUT2D eigenvalue weighted by Gasteiger charge is -2.13. The van der Waals surface area contributed by atoms with Gasteiger partial charge in [-0.05, 0) is 31.5 Å². The Morgan fingerprint density at radius 1 is 1.24 bits per heavy atom. The highest BCUT2D eigenvalue weighted by atomic mass is 32.2. The maximum Gasteiger partial charge on any atom is 0.233 e. The predicted octanol–water partition coefficient (Wildman–Crippen LogP) is 2.34. The van der Waals surface area contributed by atoms with Crippen molar-refractivity contribution >= 4 is 17.7 Å². The van der Waals surface area contributed by atoms with E-state index in [9.17, 15) is 4.79 Å². The van der Waals surface area contributed by atoms with Gasteiger partial charge in [-0.2, -0.15) is 0 Å². The van der Waals surface area contributed by atoms with Crippen LogP contribution in [0.2, 0.25) is 0 Å². The fourth-order valence-corrected chi connectivity index (χ4v) is 2.64. The average molecular weight is 313 g/mol. The summed E-state index contributed by atoms with van der Waals surface area (Å²) in [6.07, 6.45) is 0.815. The molecule has 21 heavy (non-hydrogen) atoms. The third kappa shape index (κ3) is 5.85. The molecule has 0 aromatic heterocycles. The number of benzene rings is 1. The molecular weight excluding hydrogens is 290 g/mol. The van der Waals surface area contributed by atoms with Crippen LogP contribution in [0.25, 0.3) is 0 Å². The lowest BCUT2D eigenvalue weighted by molar-refractivity contribution is -0.120. The monoisotopic (exact) mass is 313 g/mol. The van der Waals surface area contributed by atoms with Crippen LogP contribution in [0, 0.1) is 0 Å². The summed E-state index contributed by atoms with van der Waals surface area (Å²) in [5, 5.41) is 2.72. The van der Waals surface area contributed by atoms with Crippen molar-refractivity contribution in [3.8, 4) is 11.5 Å². The first kappa shape index (κ1) is 17.7. The van der Waals surface area contributed by atoms with Gasteiger partial charge >= 0.3 is 0 Å². The second-order valence-electron chi connectivity index (χ2n) is 4.41. The molecule has 0 bridgehead atoms. The van der Waals surface area contributed by atoms with Crippen LogP contribution in [0.3, 0.4) is 0 Å². The van der Waals surface area contributed by atoms with Gasteiger partial charge in [-0.15, -0.1) is 11.8 Å². The van der Waals surface area contributed by atoms with E-state index in [2.05, 4.69) is 5.32 Å². The minimum atomic E-state index is -0.175. The highest BCUT2D eigenvalue weighted by Gasteiger charge is 2.15. The van der Waals surface area contributed by atoms with Gasteiger partial charge < -0.3 is 19.5 Å². The zero-order valence-corrected chi connectivity index (χ0v) is 13.8. The van der Waals surface area contributed by atoms with E-state index < -0.39 is 0 Å². The van der Waals surface area contributed by atoms with Gasteiger partial charge in [0.05, 0.1) is 19.5 Å². The summed E-state index contributed by atoms with van der Waals surface area (Å²) in [5.41, 5.74) is 0. The Bertz CT molecular complexity index is 453. The topological polar surface area (TPSA) is 56.8 Å². The molecule has 0 saturated carbocycles. The van der Waals surface area contributed by atoms with E-state index in [1.807, 2.05) is 25.1 Å². The number of thioether (sulfide) groups is 1. The first-order chi connectivity index (χ1) is 10.1. The van der Waals surface area contributed by atoms with Gasteiger partial charge in [-0.3, -0.25) is 4.79 Å². The average Bonchev–Trinajstić information content (AvgIpc) is 2.51. The number of ether oxygens (including phenoxy) is 3. The Morgan fingerprint density at radius 3 is 2.57 bits per heavy atom. The molecule has 6 heteroatoms. The second-order valence-corrected chi connectivity index (χ2v) is 5.83. The quantitative estimate of drug-likeness (QED) is 0.560. The number of rotatable bonds is 9. The lowest BCUT2D eigenvalue weighted by Crippen LogP contribution is -2.32. The number of methoxy groups -OCH3 is 3. The molecule has 118 valence electrons. The van der Waals surface area contributed by atoms with Crippen molar-refractivity contribution in [1.29, 1.82) is 0 Å². The summed E-state index contributed by atoms with van der Waals surface area (Å²) in [6.45, 7) is 3.16. The van der Waals surface area contributed by atoms with Crippen LogP contribution in [-0.4, -0.2) is 45.6 Å². The van der Waals surface area contributed by atoms with Crippen LogP contribution in [-0.2, 0) is 9.53 Å². The summed E-state index contributed by atoms with van der Waals surface area (Å²) >= 11 is 1.49. The number of carbonyl (C=O) groups is 1. The molecule has 0 radical (unpaired) electrons. The van der Waals surface area contributed by atoms with Gasteiger partial charge in [0, 0.05) is 25.2 Å². The third-order valence-electron chi connectivity index (χ3n) is 2.86. The zero-order chi connectivity index (χ0) is 15.7. The molecule has 0 aliphatic heterocycles. The molecule has 0 aliphatic carbocycles. The van der Waals surface area contributed by atoms with Crippen molar-refractivity contribution in [3.63, 3.8) is 0 Å². The van der Waals surface area contributed by atoms with Gasteiger partial charge in [0.25, 0.3) is 0 Å².